The molecule has 78 valence electrons. The summed E-state index contributed by atoms with van der Waals surface area (Å²) in [6, 6.07) is 0. The molecule has 2 bridgehead atoms. The van der Waals surface area contributed by atoms with Gasteiger partial charge in [-0.15, -0.1) is 0 Å². The number of carboxylic acid groups (broad SMARTS) is 1. The molecule has 0 unspecified atom stereocenters. The zero-order valence-electron chi connectivity index (χ0n) is 8.40. The van der Waals surface area contributed by atoms with Crippen LogP contribution in [0.25, 0.3) is 0 Å². The normalized spacial score (nSPS) is 42.2. The van der Waals surface area contributed by atoms with Crippen LogP contribution in [0.3, 0.4) is 0 Å². The third kappa shape index (κ3) is 1.56. The highest BCUT2D eigenvalue weighted by Gasteiger charge is 2.43. The van der Waals surface area contributed by atoms with Crippen LogP contribution in [-0.4, -0.2) is 16.9 Å². The van der Waals surface area contributed by atoms with Gasteiger partial charge in [-0.2, -0.15) is 0 Å². The third-order valence-corrected chi connectivity index (χ3v) is 3.67. The quantitative estimate of drug-likeness (QED) is 0.694. The van der Waals surface area contributed by atoms with Crippen molar-refractivity contribution in [3.05, 3.63) is 0 Å². The van der Waals surface area contributed by atoms with Crippen molar-refractivity contribution in [2.75, 3.05) is 0 Å². The predicted molar refractivity (Wildman–Crippen MR) is 50.7 cm³/mol. The molecule has 2 rings (SSSR count). The fourth-order valence-electron chi connectivity index (χ4n) is 3.04. The molecule has 0 heterocycles. The fraction of sp³-hybridized carbons (Fsp3) is 0.818. The number of rotatable bonds is 1. The van der Waals surface area contributed by atoms with Gasteiger partial charge in [-0.05, 0) is 31.6 Å². The average Bonchev–Trinajstić information content (AvgIpc) is 2.06. The number of hydrogen-bond donors (Lipinski definition) is 1. The van der Waals surface area contributed by atoms with E-state index in [0.717, 1.165) is 12.8 Å². The van der Waals surface area contributed by atoms with E-state index < -0.39 is 5.97 Å². The molecule has 0 saturated heterocycles. The van der Waals surface area contributed by atoms with Crippen LogP contribution in [-0.2, 0) is 9.59 Å². The van der Waals surface area contributed by atoms with Crippen molar-refractivity contribution in [2.24, 2.45) is 23.7 Å². The second-order valence-corrected chi connectivity index (χ2v) is 4.88. The molecule has 2 fully saturated rings. The zero-order chi connectivity index (χ0) is 10.3. The number of hydrogen-bond acceptors (Lipinski definition) is 2. The van der Waals surface area contributed by atoms with Crippen molar-refractivity contribution < 1.29 is 14.7 Å². The Morgan fingerprint density at radius 3 is 2.14 bits per heavy atom. The van der Waals surface area contributed by atoms with Crippen molar-refractivity contribution in [2.45, 2.75) is 32.6 Å². The van der Waals surface area contributed by atoms with E-state index in [2.05, 4.69) is 6.92 Å². The summed E-state index contributed by atoms with van der Waals surface area (Å²) in [4.78, 5) is 22.6. The van der Waals surface area contributed by atoms with Crippen LogP contribution in [0.5, 0.6) is 0 Å². The van der Waals surface area contributed by atoms with E-state index in [9.17, 15) is 9.59 Å². The van der Waals surface area contributed by atoms with Gasteiger partial charge in [0, 0.05) is 11.8 Å². The Morgan fingerprint density at radius 2 is 1.71 bits per heavy atom. The van der Waals surface area contributed by atoms with Crippen LogP contribution in [0.2, 0.25) is 0 Å². The largest absolute Gasteiger partial charge is 0.481 e. The van der Waals surface area contributed by atoms with Crippen LogP contribution in [0.15, 0.2) is 0 Å². The van der Waals surface area contributed by atoms with Gasteiger partial charge in [0.15, 0.2) is 0 Å². The maximum Gasteiger partial charge on any atom is 0.306 e. The molecule has 2 aliphatic rings. The first-order valence-corrected chi connectivity index (χ1v) is 5.34. The summed E-state index contributed by atoms with van der Waals surface area (Å²) in [5.41, 5.74) is 0. The van der Waals surface area contributed by atoms with Crippen LogP contribution in [0, 0.1) is 23.7 Å². The third-order valence-electron chi connectivity index (χ3n) is 3.67. The fourth-order valence-corrected chi connectivity index (χ4v) is 3.04. The predicted octanol–water partition coefficient (Wildman–Crippen LogP) is 1.71. The standard InChI is InChI=1S/C11H16O3/c1-6-2-7-4-9(11(13)14)5-8(3-6)10(7)12/h6-9H,2-5H2,1H3,(H,13,14)/t6?,7-,8-,9?/m0/s1. The highest BCUT2D eigenvalue weighted by atomic mass is 16.4. The number of carboxylic acids is 1. The number of carbonyl (C=O) groups excluding carboxylic acids is 1. The van der Waals surface area contributed by atoms with Gasteiger partial charge in [-0.1, -0.05) is 6.92 Å². The molecule has 1 N–H and O–H groups in total. The maximum atomic E-state index is 11.7. The Morgan fingerprint density at radius 1 is 1.21 bits per heavy atom. The molecule has 3 heteroatoms. The molecule has 0 radical (unpaired) electrons. The van der Waals surface area contributed by atoms with Crippen molar-refractivity contribution in [1.82, 2.24) is 0 Å². The first-order chi connectivity index (χ1) is 6.58. The molecule has 0 aliphatic heterocycles. The van der Waals surface area contributed by atoms with Crippen molar-refractivity contribution in [1.29, 1.82) is 0 Å². The summed E-state index contributed by atoms with van der Waals surface area (Å²) < 4.78 is 0. The summed E-state index contributed by atoms with van der Waals surface area (Å²) in [6.07, 6.45) is 2.96. The molecule has 2 atom stereocenters. The Balaban J connectivity index is 2.13. The smallest absolute Gasteiger partial charge is 0.306 e. The molecule has 2 saturated carbocycles. The van der Waals surface area contributed by atoms with Crippen LogP contribution >= 0.6 is 0 Å². The Labute approximate surface area is 83.5 Å². The lowest BCUT2D eigenvalue weighted by atomic mass is 9.64. The first-order valence-electron chi connectivity index (χ1n) is 5.34. The van der Waals surface area contributed by atoms with E-state index in [1.54, 1.807) is 0 Å². The molecule has 0 aromatic carbocycles. The minimum Gasteiger partial charge on any atom is -0.481 e. The van der Waals surface area contributed by atoms with Gasteiger partial charge in [-0.25, -0.2) is 0 Å². The number of fused-ring (bicyclic) bond motifs is 2. The maximum absolute atomic E-state index is 11.7. The summed E-state index contributed by atoms with van der Waals surface area (Å²) >= 11 is 0. The highest BCUT2D eigenvalue weighted by molar-refractivity contribution is 5.87. The lowest BCUT2D eigenvalue weighted by Gasteiger charge is -2.38. The average molecular weight is 196 g/mol. The molecule has 0 aromatic rings. The van der Waals surface area contributed by atoms with Crippen molar-refractivity contribution in [3.8, 4) is 0 Å². The Bertz CT molecular complexity index is 254. The van der Waals surface area contributed by atoms with E-state index in [1.807, 2.05) is 0 Å². The molecule has 0 spiro atoms. The van der Waals surface area contributed by atoms with E-state index in [1.165, 1.54) is 0 Å². The minimum atomic E-state index is -0.720. The molecular formula is C11H16O3. The highest BCUT2D eigenvalue weighted by Crippen LogP contribution is 2.42. The number of aliphatic carboxylic acids is 1. The summed E-state index contributed by atoms with van der Waals surface area (Å²) in [7, 11) is 0. The van der Waals surface area contributed by atoms with Gasteiger partial charge in [0.05, 0.1) is 5.92 Å². The molecular weight excluding hydrogens is 180 g/mol. The number of ketones is 1. The topological polar surface area (TPSA) is 54.4 Å². The first kappa shape index (κ1) is 9.69. The molecule has 0 aromatic heterocycles. The van der Waals surface area contributed by atoms with Crippen LogP contribution in [0.4, 0.5) is 0 Å². The zero-order valence-corrected chi connectivity index (χ0v) is 8.40. The lowest BCUT2D eigenvalue weighted by molar-refractivity contribution is -0.148. The summed E-state index contributed by atoms with van der Waals surface area (Å²) in [5.74, 6) is 0.0208. The van der Waals surface area contributed by atoms with E-state index in [4.69, 9.17) is 5.11 Å². The van der Waals surface area contributed by atoms with Crippen molar-refractivity contribution in [3.63, 3.8) is 0 Å². The molecule has 3 nitrogen and oxygen atoms in total. The van der Waals surface area contributed by atoms with Gasteiger partial charge in [0.2, 0.25) is 0 Å². The van der Waals surface area contributed by atoms with Gasteiger partial charge >= 0.3 is 5.97 Å². The van der Waals surface area contributed by atoms with Gasteiger partial charge in [-0.3, -0.25) is 9.59 Å². The van der Waals surface area contributed by atoms with E-state index >= 15 is 0 Å². The van der Waals surface area contributed by atoms with Gasteiger partial charge in [0.25, 0.3) is 0 Å². The van der Waals surface area contributed by atoms with Crippen molar-refractivity contribution >= 4 is 11.8 Å². The SMILES string of the molecule is CC1C[C@H]2CC(C(=O)O)C[C@H](C1)C2=O. The number of Topliss-reactive ketones (excluding diaryl/α,β-unsaturated/α-hetero) is 1. The monoisotopic (exact) mass is 196 g/mol. The molecule has 2 aliphatic carbocycles. The van der Waals surface area contributed by atoms with E-state index in [0.29, 0.717) is 24.5 Å². The van der Waals surface area contributed by atoms with Gasteiger partial charge < -0.3 is 5.11 Å². The minimum absolute atomic E-state index is 0.0404. The molecule has 14 heavy (non-hydrogen) atoms. The summed E-state index contributed by atoms with van der Waals surface area (Å²) in [6.45, 7) is 2.16. The van der Waals surface area contributed by atoms with Gasteiger partial charge in [0.1, 0.15) is 5.78 Å². The Kier molecular flexibility index (Phi) is 2.33. The van der Waals surface area contributed by atoms with Crippen LogP contribution < -0.4 is 0 Å². The molecule has 0 amide bonds. The second kappa shape index (κ2) is 3.37. The Hall–Kier alpha value is -0.860. The number of carbonyl (C=O) groups is 2. The van der Waals surface area contributed by atoms with Crippen LogP contribution in [0.1, 0.15) is 32.6 Å². The second-order valence-electron chi connectivity index (χ2n) is 4.88. The van der Waals surface area contributed by atoms with E-state index in [-0.39, 0.29) is 17.8 Å². The summed E-state index contributed by atoms with van der Waals surface area (Å²) in [5, 5.41) is 8.93. The lowest BCUT2D eigenvalue weighted by Crippen LogP contribution is -2.41.